The molecule has 0 aliphatic carbocycles. The molecule has 0 bridgehead atoms. The summed E-state index contributed by atoms with van der Waals surface area (Å²) in [7, 11) is 0. The number of hydrogen-bond acceptors (Lipinski definition) is 6. The fourth-order valence-electron chi connectivity index (χ4n) is 2.99. The van der Waals surface area contributed by atoms with Gasteiger partial charge in [0.25, 0.3) is 0 Å². The third-order valence-electron chi connectivity index (χ3n) is 4.49. The van der Waals surface area contributed by atoms with E-state index in [0.717, 1.165) is 28.4 Å². The second-order valence-electron chi connectivity index (χ2n) is 6.66. The minimum Gasteiger partial charge on any atom is -0.505 e. The molecule has 0 saturated carbocycles. The van der Waals surface area contributed by atoms with Crippen LogP contribution in [-0.2, 0) is 0 Å². The lowest BCUT2D eigenvalue weighted by molar-refractivity contribution is 0.313. The van der Waals surface area contributed by atoms with Crippen molar-refractivity contribution in [1.82, 2.24) is 4.98 Å². The predicted molar refractivity (Wildman–Crippen MR) is 115 cm³/mol. The fraction of sp³-hybridized carbons (Fsp3) is 0.227. The third kappa shape index (κ3) is 3.68. The molecular formula is C22H21N3O2S. The summed E-state index contributed by atoms with van der Waals surface area (Å²) in [6.45, 7) is 4.80. The highest BCUT2D eigenvalue weighted by atomic mass is 32.1. The summed E-state index contributed by atoms with van der Waals surface area (Å²) in [6.07, 6.45) is 2.02. The molecular weight excluding hydrogens is 370 g/mol. The molecule has 4 rings (SSSR count). The topological polar surface area (TPSA) is 67.1 Å². The molecule has 0 aliphatic heterocycles. The van der Waals surface area contributed by atoms with E-state index < -0.39 is 0 Å². The average molecular weight is 391 g/mol. The number of aromatic nitrogens is 1. The summed E-state index contributed by atoms with van der Waals surface area (Å²) in [5.74, 6) is 0.801. The molecule has 0 saturated heterocycles. The van der Waals surface area contributed by atoms with E-state index in [9.17, 15) is 5.11 Å². The lowest BCUT2D eigenvalue weighted by Gasteiger charge is -2.11. The predicted octanol–water partition coefficient (Wildman–Crippen LogP) is 7.06. The standard InChI is InChI=1S/C22H21N3O2S/c1-3-4-11-27-19-13-18(21(26)16-8-6-5-7-15(16)19)24-25-22-23-17-10-9-14(2)12-20(17)28-22/h5-10,12-13,26H,3-4,11H2,1-2H3. The number of aryl methyl sites for hydroxylation is 1. The highest BCUT2D eigenvalue weighted by Crippen LogP contribution is 2.41. The number of thiazole rings is 1. The molecule has 0 amide bonds. The second-order valence-corrected chi connectivity index (χ2v) is 7.67. The Kier molecular flexibility index (Phi) is 5.21. The number of phenols is 1. The van der Waals surface area contributed by atoms with Crippen molar-refractivity contribution in [3.63, 3.8) is 0 Å². The summed E-state index contributed by atoms with van der Waals surface area (Å²) >= 11 is 1.48. The van der Waals surface area contributed by atoms with E-state index in [4.69, 9.17) is 4.74 Å². The van der Waals surface area contributed by atoms with Gasteiger partial charge in [0, 0.05) is 16.8 Å². The number of aromatic hydroxyl groups is 1. The van der Waals surface area contributed by atoms with Gasteiger partial charge in [-0.2, -0.15) is 0 Å². The van der Waals surface area contributed by atoms with Crippen molar-refractivity contribution < 1.29 is 9.84 Å². The maximum absolute atomic E-state index is 10.7. The van der Waals surface area contributed by atoms with Crippen molar-refractivity contribution in [2.45, 2.75) is 26.7 Å². The van der Waals surface area contributed by atoms with Crippen LogP contribution >= 0.6 is 11.3 Å². The molecule has 0 atom stereocenters. The van der Waals surface area contributed by atoms with Crippen molar-refractivity contribution in [3.8, 4) is 11.5 Å². The van der Waals surface area contributed by atoms with Gasteiger partial charge in [-0.1, -0.05) is 55.0 Å². The zero-order valence-electron chi connectivity index (χ0n) is 15.8. The van der Waals surface area contributed by atoms with Gasteiger partial charge < -0.3 is 9.84 Å². The van der Waals surface area contributed by atoms with Gasteiger partial charge in [-0.3, -0.25) is 0 Å². The average Bonchev–Trinajstić information content (AvgIpc) is 3.11. The Morgan fingerprint density at radius 2 is 1.89 bits per heavy atom. The van der Waals surface area contributed by atoms with Crippen molar-refractivity contribution in [3.05, 3.63) is 54.1 Å². The molecule has 5 nitrogen and oxygen atoms in total. The van der Waals surface area contributed by atoms with Gasteiger partial charge in [0.05, 0.1) is 16.8 Å². The van der Waals surface area contributed by atoms with Crippen LogP contribution in [0.5, 0.6) is 11.5 Å². The number of phenolic OH excluding ortho intramolecular Hbond substituents is 1. The summed E-state index contributed by atoms with van der Waals surface area (Å²) < 4.78 is 7.01. The molecule has 6 heteroatoms. The van der Waals surface area contributed by atoms with E-state index in [1.165, 1.54) is 16.9 Å². The van der Waals surface area contributed by atoms with Crippen molar-refractivity contribution in [2.24, 2.45) is 10.2 Å². The summed E-state index contributed by atoms with van der Waals surface area (Å²) in [5, 5.41) is 21.3. The molecule has 1 aromatic heterocycles. The van der Waals surface area contributed by atoms with Crippen LogP contribution in [0.2, 0.25) is 0 Å². The second kappa shape index (κ2) is 7.94. The van der Waals surface area contributed by atoms with Crippen molar-refractivity contribution >= 4 is 43.1 Å². The first-order chi connectivity index (χ1) is 13.7. The molecule has 142 valence electrons. The van der Waals surface area contributed by atoms with E-state index in [1.54, 1.807) is 6.07 Å². The Bertz CT molecular complexity index is 1170. The molecule has 4 aromatic rings. The van der Waals surface area contributed by atoms with E-state index in [0.29, 0.717) is 28.6 Å². The van der Waals surface area contributed by atoms with Gasteiger partial charge in [0.15, 0.2) is 5.75 Å². The number of azo groups is 1. The quantitative estimate of drug-likeness (QED) is 0.283. The normalized spacial score (nSPS) is 11.6. The van der Waals surface area contributed by atoms with Crippen LogP contribution in [0.25, 0.3) is 21.0 Å². The maximum atomic E-state index is 10.7. The highest BCUT2D eigenvalue weighted by Gasteiger charge is 2.12. The van der Waals surface area contributed by atoms with Crippen LogP contribution in [0.3, 0.4) is 0 Å². The Labute approximate surface area is 167 Å². The Hall–Kier alpha value is -2.99. The monoisotopic (exact) mass is 391 g/mol. The van der Waals surface area contributed by atoms with Gasteiger partial charge in [-0.05, 0) is 31.0 Å². The summed E-state index contributed by atoms with van der Waals surface area (Å²) in [5.41, 5.74) is 2.46. The molecule has 0 spiro atoms. The number of ether oxygens (including phenoxy) is 1. The zero-order valence-corrected chi connectivity index (χ0v) is 16.7. The van der Waals surface area contributed by atoms with Crippen LogP contribution in [0, 0.1) is 6.92 Å². The van der Waals surface area contributed by atoms with Crippen LogP contribution in [-0.4, -0.2) is 16.7 Å². The lowest BCUT2D eigenvalue weighted by atomic mass is 10.1. The fourth-order valence-corrected chi connectivity index (χ4v) is 3.88. The number of unbranched alkanes of at least 4 members (excludes halogenated alkanes) is 1. The lowest BCUT2D eigenvalue weighted by Crippen LogP contribution is -1.97. The zero-order chi connectivity index (χ0) is 19.5. The van der Waals surface area contributed by atoms with Crippen molar-refractivity contribution in [2.75, 3.05) is 6.61 Å². The van der Waals surface area contributed by atoms with Crippen molar-refractivity contribution in [1.29, 1.82) is 0 Å². The van der Waals surface area contributed by atoms with Crippen LogP contribution in [0.1, 0.15) is 25.3 Å². The van der Waals surface area contributed by atoms with Crippen LogP contribution in [0.15, 0.2) is 58.8 Å². The van der Waals surface area contributed by atoms with Gasteiger partial charge >= 0.3 is 0 Å². The van der Waals surface area contributed by atoms with E-state index in [1.807, 2.05) is 43.3 Å². The molecule has 0 aliphatic rings. The van der Waals surface area contributed by atoms with E-state index in [2.05, 4.69) is 28.2 Å². The number of fused-ring (bicyclic) bond motifs is 2. The summed E-state index contributed by atoms with van der Waals surface area (Å²) in [4.78, 5) is 4.49. The first kappa shape index (κ1) is 18.4. The third-order valence-corrected chi connectivity index (χ3v) is 5.39. The Balaban J connectivity index is 1.72. The molecule has 3 aromatic carbocycles. The minimum absolute atomic E-state index is 0.0964. The number of hydrogen-bond donors (Lipinski definition) is 1. The highest BCUT2D eigenvalue weighted by molar-refractivity contribution is 7.21. The molecule has 0 unspecified atom stereocenters. The minimum atomic E-state index is 0.0964. The number of rotatable bonds is 6. The van der Waals surface area contributed by atoms with Gasteiger partial charge in [0.1, 0.15) is 11.4 Å². The smallest absolute Gasteiger partial charge is 0.231 e. The molecule has 28 heavy (non-hydrogen) atoms. The van der Waals surface area contributed by atoms with Gasteiger partial charge in [0.2, 0.25) is 5.13 Å². The van der Waals surface area contributed by atoms with Gasteiger partial charge in [-0.15, -0.1) is 10.2 Å². The first-order valence-electron chi connectivity index (χ1n) is 9.32. The van der Waals surface area contributed by atoms with E-state index >= 15 is 0 Å². The molecule has 0 radical (unpaired) electrons. The number of nitrogens with zero attached hydrogens (tertiary/aromatic N) is 3. The SMILES string of the molecule is CCCCOc1cc(N=Nc2nc3ccc(C)cc3s2)c(O)c2ccccc12. The number of benzene rings is 3. The largest absolute Gasteiger partial charge is 0.505 e. The maximum Gasteiger partial charge on any atom is 0.231 e. The van der Waals surface area contributed by atoms with Gasteiger partial charge in [-0.25, -0.2) is 4.98 Å². The summed E-state index contributed by atoms with van der Waals surface area (Å²) in [6, 6.07) is 15.4. The molecule has 0 fully saturated rings. The Morgan fingerprint density at radius 3 is 2.71 bits per heavy atom. The molecule has 1 heterocycles. The first-order valence-corrected chi connectivity index (χ1v) is 10.1. The molecule has 1 N–H and O–H groups in total. The van der Waals surface area contributed by atoms with Crippen LogP contribution in [0.4, 0.5) is 10.8 Å². The van der Waals surface area contributed by atoms with Crippen LogP contribution < -0.4 is 4.74 Å². The Morgan fingerprint density at radius 1 is 1.07 bits per heavy atom. The van der Waals surface area contributed by atoms with E-state index in [-0.39, 0.29) is 5.75 Å².